The first-order valence-electron chi connectivity index (χ1n) is 4.21. The molecule has 4 nitrogen and oxygen atoms in total. The molecule has 3 N–H and O–H groups in total. The minimum Gasteiger partial charge on any atom is -0.479 e. The van der Waals surface area contributed by atoms with E-state index in [1.807, 2.05) is 6.07 Å². The van der Waals surface area contributed by atoms with Gasteiger partial charge >= 0.3 is 5.97 Å². The van der Waals surface area contributed by atoms with Crippen LogP contribution in [-0.2, 0) is 10.2 Å². The number of rotatable bonds is 3. The van der Waals surface area contributed by atoms with Gasteiger partial charge in [0, 0.05) is 17.8 Å². The van der Waals surface area contributed by atoms with Gasteiger partial charge in [-0.2, -0.15) is 0 Å². The summed E-state index contributed by atoms with van der Waals surface area (Å²) in [7, 11) is 0. The lowest BCUT2D eigenvalue weighted by Crippen LogP contribution is -2.33. The highest BCUT2D eigenvalue weighted by Gasteiger charge is 2.53. The van der Waals surface area contributed by atoms with Crippen LogP contribution >= 0.6 is 0 Å². The maximum atomic E-state index is 10.6. The Morgan fingerprint density at radius 2 is 2.31 bits per heavy atom. The summed E-state index contributed by atoms with van der Waals surface area (Å²) >= 11 is 0. The van der Waals surface area contributed by atoms with Gasteiger partial charge in [-0.15, -0.1) is 0 Å². The summed E-state index contributed by atoms with van der Waals surface area (Å²) in [5, 5.41) is 18.2. The van der Waals surface area contributed by atoms with Crippen LogP contribution in [0, 0.1) is 0 Å². The fourth-order valence-electron chi connectivity index (χ4n) is 1.72. The molecule has 0 aliphatic heterocycles. The Bertz CT molecular complexity index is 314. The largest absolute Gasteiger partial charge is 0.479 e. The fraction of sp³-hybridized carbons (Fsp3) is 0.444. The summed E-state index contributed by atoms with van der Waals surface area (Å²) in [4.78, 5) is 13.5. The number of hydrogen-bond donors (Lipinski definition) is 3. The zero-order valence-electron chi connectivity index (χ0n) is 7.03. The van der Waals surface area contributed by atoms with Gasteiger partial charge < -0.3 is 15.2 Å². The molecule has 0 spiro atoms. The summed E-state index contributed by atoms with van der Waals surface area (Å²) in [6, 6.07) is 1.82. The topological polar surface area (TPSA) is 73.3 Å². The SMILES string of the molecule is O=C(O)C(O)C1(c2cc[nH]c2)CC1. The highest BCUT2D eigenvalue weighted by atomic mass is 16.4. The van der Waals surface area contributed by atoms with Crippen LogP contribution < -0.4 is 0 Å². The quantitative estimate of drug-likeness (QED) is 0.635. The summed E-state index contributed by atoms with van der Waals surface area (Å²) in [5.41, 5.74) is 0.369. The van der Waals surface area contributed by atoms with Crippen molar-refractivity contribution in [3.8, 4) is 0 Å². The zero-order chi connectivity index (χ0) is 9.47. The zero-order valence-corrected chi connectivity index (χ0v) is 7.03. The van der Waals surface area contributed by atoms with Crippen molar-refractivity contribution >= 4 is 5.97 Å². The molecule has 2 rings (SSSR count). The predicted octanol–water partition coefficient (Wildman–Crippen LogP) is 0.492. The van der Waals surface area contributed by atoms with Gasteiger partial charge in [-0.3, -0.25) is 0 Å². The number of aromatic nitrogens is 1. The molecular formula is C9H11NO3. The number of aliphatic carboxylic acids is 1. The van der Waals surface area contributed by atoms with E-state index in [2.05, 4.69) is 4.98 Å². The van der Waals surface area contributed by atoms with Crippen molar-refractivity contribution in [3.63, 3.8) is 0 Å². The Morgan fingerprint density at radius 3 is 2.69 bits per heavy atom. The van der Waals surface area contributed by atoms with E-state index < -0.39 is 17.5 Å². The van der Waals surface area contributed by atoms with E-state index in [4.69, 9.17) is 5.11 Å². The van der Waals surface area contributed by atoms with Gasteiger partial charge in [-0.25, -0.2) is 4.79 Å². The number of nitrogens with one attached hydrogen (secondary N) is 1. The second kappa shape index (κ2) is 2.60. The first-order chi connectivity index (χ1) is 6.17. The molecule has 1 aliphatic rings. The number of carboxylic acid groups (broad SMARTS) is 1. The van der Waals surface area contributed by atoms with Crippen LogP contribution in [0.3, 0.4) is 0 Å². The Kier molecular flexibility index (Phi) is 1.66. The molecule has 1 heterocycles. The lowest BCUT2D eigenvalue weighted by molar-refractivity contribution is -0.148. The molecule has 1 aliphatic carbocycles. The van der Waals surface area contributed by atoms with Crippen molar-refractivity contribution < 1.29 is 15.0 Å². The molecule has 0 saturated heterocycles. The minimum absolute atomic E-state index is 0.522. The third kappa shape index (κ3) is 1.14. The van der Waals surface area contributed by atoms with Gasteiger partial charge in [0.1, 0.15) is 0 Å². The summed E-state index contributed by atoms with van der Waals surface area (Å²) < 4.78 is 0. The number of aliphatic hydroxyl groups is 1. The van der Waals surface area contributed by atoms with Crippen molar-refractivity contribution in [1.82, 2.24) is 4.98 Å². The summed E-state index contributed by atoms with van der Waals surface area (Å²) in [5.74, 6) is -1.14. The number of carbonyl (C=O) groups is 1. The highest BCUT2D eigenvalue weighted by molar-refractivity contribution is 5.75. The maximum absolute atomic E-state index is 10.6. The van der Waals surface area contributed by atoms with E-state index in [9.17, 15) is 9.90 Å². The van der Waals surface area contributed by atoms with Crippen LogP contribution in [0.4, 0.5) is 0 Å². The normalized spacial score (nSPS) is 21.0. The molecule has 1 unspecified atom stereocenters. The first kappa shape index (κ1) is 8.31. The van der Waals surface area contributed by atoms with Crippen molar-refractivity contribution in [2.24, 2.45) is 0 Å². The van der Waals surface area contributed by atoms with Crippen LogP contribution in [0.1, 0.15) is 18.4 Å². The van der Waals surface area contributed by atoms with Crippen LogP contribution in [0.15, 0.2) is 18.5 Å². The van der Waals surface area contributed by atoms with Gasteiger partial charge in [0.25, 0.3) is 0 Å². The molecule has 4 heteroatoms. The molecule has 70 valence electrons. The lowest BCUT2D eigenvalue weighted by atomic mass is 9.92. The van der Waals surface area contributed by atoms with E-state index >= 15 is 0 Å². The monoisotopic (exact) mass is 181 g/mol. The molecule has 1 atom stereocenters. The average Bonchev–Trinajstić information content (AvgIpc) is 2.72. The maximum Gasteiger partial charge on any atom is 0.333 e. The molecule has 1 fully saturated rings. The Labute approximate surface area is 75.2 Å². The van der Waals surface area contributed by atoms with Crippen LogP contribution in [0.25, 0.3) is 0 Å². The minimum atomic E-state index is -1.27. The Morgan fingerprint density at radius 1 is 1.62 bits per heavy atom. The molecule has 1 aromatic rings. The summed E-state index contributed by atoms with van der Waals surface area (Å²) in [6.45, 7) is 0. The molecule has 1 saturated carbocycles. The number of carboxylic acids is 1. The summed E-state index contributed by atoms with van der Waals surface area (Å²) in [6.07, 6.45) is 3.71. The fourth-order valence-corrected chi connectivity index (χ4v) is 1.72. The van der Waals surface area contributed by atoms with E-state index in [0.29, 0.717) is 0 Å². The highest BCUT2D eigenvalue weighted by Crippen LogP contribution is 2.50. The van der Waals surface area contributed by atoms with Gasteiger partial charge in [0.15, 0.2) is 6.10 Å². The van der Waals surface area contributed by atoms with E-state index in [1.54, 1.807) is 12.4 Å². The number of aromatic amines is 1. The molecule has 0 aromatic carbocycles. The van der Waals surface area contributed by atoms with Crippen molar-refractivity contribution in [1.29, 1.82) is 0 Å². The third-order valence-electron chi connectivity index (χ3n) is 2.72. The van der Waals surface area contributed by atoms with E-state index in [-0.39, 0.29) is 0 Å². The van der Waals surface area contributed by atoms with Crippen molar-refractivity contribution in [2.45, 2.75) is 24.4 Å². The molecular weight excluding hydrogens is 170 g/mol. The van der Waals surface area contributed by atoms with E-state index in [0.717, 1.165) is 18.4 Å². The van der Waals surface area contributed by atoms with Gasteiger partial charge in [0.2, 0.25) is 0 Å². The molecule has 0 radical (unpaired) electrons. The van der Waals surface area contributed by atoms with Crippen LogP contribution in [-0.4, -0.2) is 27.3 Å². The van der Waals surface area contributed by atoms with E-state index in [1.165, 1.54) is 0 Å². The van der Waals surface area contributed by atoms with Crippen molar-refractivity contribution in [3.05, 3.63) is 24.0 Å². The Hall–Kier alpha value is -1.29. The van der Waals surface area contributed by atoms with Gasteiger partial charge in [0.05, 0.1) is 0 Å². The Balaban J connectivity index is 2.27. The lowest BCUT2D eigenvalue weighted by Gasteiger charge is -2.16. The molecule has 1 aromatic heterocycles. The first-order valence-corrected chi connectivity index (χ1v) is 4.21. The van der Waals surface area contributed by atoms with Gasteiger partial charge in [-0.05, 0) is 24.5 Å². The molecule has 0 amide bonds. The van der Waals surface area contributed by atoms with Crippen LogP contribution in [0.2, 0.25) is 0 Å². The number of aliphatic hydroxyl groups excluding tert-OH is 1. The van der Waals surface area contributed by atoms with Crippen LogP contribution in [0.5, 0.6) is 0 Å². The molecule has 13 heavy (non-hydrogen) atoms. The number of H-pyrrole nitrogens is 1. The standard InChI is InChI=1S/C9H11NO3/c11-7(8(12)13)9(2-3-9)6-1-4-10-5-6/h1,4-5,7,10-11H,2-3H2,(H,12,13). The third-order valence-corrected chi connectivity index (χ3v) is 2.72. The number of hydrogen-bond acceptors (Lipinski definition) is 2. The predicted molar refractivity (Wildman–Crippen MR) is 45.3 cm³/mol. The molecule has 0 bridgehead atoms. The second-order valence-corrected chi connectivity index (χ2v) is 3.50. The second-order valence-electron chi connectivity index (χ2n) is 3.50. The smallest absolute Gasteiger partial charge is 0.333 e. The van der Waals surface area contributed by atoms with Crippen molar-refractivity contribution in [2.75, 3.05) is 0 Å². The van der Waals surface area contributed by atoms with Gasteiger partial charge in [-0.1, -0.05) is 0 Å². The average molecular weight is 181 g/mol.